The molecule has 0 radical (unpaired) electrons. The average molecular weight is 447 g/mol. The van der Waals surface area contributed by atoms with Crippen LogP contribution in [0.15, 0.2) is 52.4 Å². The first-order valence-electron chi connectivity index (χ1n) is 9.84. The number of hydrogen-bond donors (Lipinski definition) is 0. The van der Waals surface area contributed by atoms with Crippen molar-refractivity contribution in [1.29, 1.82) is 0 Å². The standard InChI is InChI=1S/C22H26N2O4S2/c1-5-28-12-11-24-19-10-9-16(4)13-20(19)29-22(24)23-21(25)17-7-6-8-18(14-17)30(26,27)15(2)3/h6-10,13-15H,5,11-12H2,1-4H3. The first-order valence-corrected chi connectivity index (χ1v) is 12.2. The number of hydrogen-bond acceptors (Lipinski definition) is 5. The number of carbonyl (C=O) groups is 1. The number of ether oxygens (including phenoxy) is 1. The van der Waals surface area contributed by atoms with E-state index in [0.717, 1.165) is 15.8 Å². The highest BCUT2D eigenvalue weighted by Gasteiger charge is 2.20. The van der Waals surface area contributed by atoms with Crippen LogP contribution < -0.4 is 4.80 Å². The largest absolute Gasteiger partial charge is 0.380 e. The Bertz CT molecular complexity index is 1240. The number of aryl methyl sites for hydroxylation is 1. The Morgan fingerprint density at radius 2 is 1.97 bits per heavy atom. The van der Waals surface area contributed by atoms with Crippen molar-refractivity contribution in [2.24, 2.45) is 4.99 Å². The Balaban J connectivity index is 2.06. The van der Waals surface area contributed by atoms with Crippen molar-refractivity contribution >= 4 is 37.3 Å². The smallest absolute Gasteiger partial charge is 0.279 e. The second-order valence-electron chi connectivity index (χ2n) is 7.24. The van der Waals surface area contributed by atoms with Gasteiger partial charge in [-0.3, -0.25) is 4.79 Å². The van der Waals surface area contributed by atoms with Gasteiger partial charge in [0.1, 0.15) is 0 Å². The minimum absolute atomic E-state index is 0.134. The van der Waals surface area contributed by atoms with Crippen molar-refractivity contribution in [3.05, 3.63) is 58.4 Å². The molecule has 0 unspecified atom stereocenters. The highest BCUT2D eigenvalue weighted by molar-refractivity contribution is 7.92. The highest BCUT2D eigenvalue weighted by Crippen LogP contribution is 2.20. The molecule has 30 heavy (non-hydrogen) atoms. The lowest BCUT2D eigenvalue weighted by atomic mass is 10.2. The van der Waals surface area contributed by atoms with E-state index in [4.69, 9.17) is 4.74 Å². The van der Waals surface area contributed by atoms with Crippen molar-refractivity contribution in [2.75, 3.05) is 13.2 Å². The first kappa shape index (κ1) is 22.4. The molecule has 2 aromatic carbocycles. The Kier molecular flexibility index (Phi) is 6.90. The number of benzene rings is 2. The number of carbonyl (C=O) groups excluding carboxylic acids is 1. The van der Waals surface area contributed by atoms with Crippen LogP contribution >= 0.6 is 11.3 Å². The second-order valence-corrected chi connectivity index (χ2v) is 10.8. The van der Waals surface area contributed by atoms with Crippen molar-refractivity contribution < 1.29 is 17.9 Å². The van der Waals surface area contributed by atoms with Crippen LogP contribution in [0.3, 0.4) is 0 Å². The van der Waals surface area contributed by atoms with Crippen LogP contribution in [0.4, 0.5) is 0 Å². The number of amides is 1. The van der Waals surface area contributed by atoms with Gasteiger partial charge in [0.25, 0.3) is 5.91 Å². The van der Waals surface area contributed by atoms with Gasteiger partial charge in [-0.15, -0.1) is 0 Å². The summed E-state index contributed by atoms with van der Waals surface area (Å²) in [5.74, 6) is -0.468. The molecular formula is C22H26N2O4S2. The van der Waals surface area contributed by atoms with Crippen LogP contribution in [0, 0.1) is 6.92 Å². The Morgan fingerprint density at radius 3 is 2.67 bits per heavy atom. The van der Waals surface area contributed by atoms with E-state index in [-0.39, 0.29) is 10.5 Å². The molecule has 0 atom stereocenters. The number of fused-ring (bicyclic) bond motifs is 1. The molecule has 6 nitrogen and oxygen atoms in total. The molecule has 1 aromatic heterocycles. The van der Waals surface area contributed by atoms with Gasteiger partial charge < -0.3 is 9.30 Å². The van der Waals surface area contributed by atoms with Gasteiger partial charge in [-0.05, 0) is 63.6 Å². The molecule has 3 rings (SSSR count). The fourth-order valence-corrected chi connectivity index (χ4v) is 5.27. The maximum absolute atomic E-state index is 12.9. The van der Waals surface area contributed by atoms with Gasteiger partial charge >= 0.3 is 0 Å². The Morgan fingerprint density at radius 1 is 1.20 bits per heavy atom. The molecule has 0 aliphatic heterocycles. The fourth-order valence-electron chi connectivity index (χ4n) is 3.01. The van der Waals surface area contributed by atoms with E-state index in [1.54, 1.807) is 26.0 Å². The molecule has 160 valence electrons. The molecule has 0 saturated carbocycles. The first-order chi connectivity index (χ1) is 14.2. The van der Waals surface area contributed by atoms with Gasteiger partial charge in [-0.25, -0.2) is 8.42 Å². The summed E-state index contributed by atoms with van der Waals surface area (Å²) >= 11 is 1.44. The molecular weight excluding hydrogens is 420 g/mol. The van der Waals surface area contributed by atoms with E-state index in [9.17, 15) is 13.2 Å². The summed E-state index contributed by atoms with van der Waals surface area (Å²) < 4.78 is 33.4. The molecule has 3 aromatic rings. The maximum atomic E-state index is 12.9. The van der Waals surface area contributed by atoms with Gasteiger partial charge in [0.2, 0.25) is 0 Å². The number of aromatic nitrogens is 1. The third-order valence-corrected chi connectivity index (χ3v) is 7.92. The highest BCUT2D eigenvalue weighted by atomic mass is 32.2. The number of sulfone groups is 1. The van der Waals surface area contributed by atoms with Crippen LogP contribution in [-0.2, 0) is 21.1 Å². The quantitative estimate of drug-likeness (QED) is 0.515. The lowest BCUT2D eigenvalue weighted by Gasteiger charge is -2.08. The molecule has 0 aliphatic carbocycles. The molecule has 0 N–H and O–H groups in total. The predicted octanol–water partition coefficient (Wildman–Crippen LogP) is 3.97. The van der Waals surface area contributed by atoms with Gasteiger partial charge in [-0.1, -0.05) is 23.5 Å². The summed E-state index contributed by atoms with van der Waals surface area (Å²) in [5, 5.41) is -0.564. The molecule has 0 fully saturated rings. The van der Waals surface area contributed by atoms with Crippen molar-refractivity contribution in [3.63, 3.8) is 0 Å². The molecule has 8 heteroatoms. The Labute approximate surface area is 180 Å². The van der Waals surface area contributed by atoms with E-state index in [2.05, 4.69) is 11.1 Å². The third kappa shape index (κ3) is 4.71. The fraction of sp³-hybridized carbons (Fsp3) is 0.364. The van der Waals surface area contributed by atoms with Crippen molar-refractivity contribution in [2.45, 2.75) is 44.4 Å². The Hall–Kier alpha value is -2.29. The van der Waals surface area contributed by atoms with Crippen LogP contribution in [-0.4, -0.2) is 37.4 Å². The van der Waals surface area contributed by atoms with Gasteiger partial charge in [0.05, 0.1) is 27.0 Å². The van der Waals surface area contributed by atoms with E-state index in [1.165, 1.54) is 23.5 Å². The number of thiazole rings is 1. The lowest BCUT2D eigenvalue weighted by molar-refractivity contribution is 0.0996. The maximum Gasteiger partial charge on any atom is 0.279 e. The minimum atomic E-state index is -3.47. The zero-order chi connectivity index (χ0) is 21.9. The van der Waals surface area contributed by atoms with Gasteiger partial charge in [0, 0.05) is 18.7 Å². The molecule has 1 heterocycles. The number of rotatable bonds is 7. The van der Waals surface area contributed by atoms with Crippen LogP contribution in [0.25, 0.3) is 10.2 Å². The summed E-state index contributed by atoms with van der Waals surface area (Å²) in [6, 6.07) is 12.2. The van der Waals surface area contributed by atoms with E-state index in [1.807, 2.05) is 30.5 Å². The zero-order valence-corrected chi connectivity index (χ0v) is 19.2. The molecule has 0 saturated heterocycles. The summed E-state index contributed by atoms with van der Waals surface area (Å²) in [4.78, 5) is 17.9. The topological polar surface area (TPSA) is 77.7 Å². The van der Waals surface area contributed by atoms with Crippen LogP contribution in [0.1, 0.15) is 36.7 Å². The zero-order valence-electron chi connectivity index (χ0n) is 17.6. The lowest BCUT2D eigenvalue weighted by Crippen LogP contribution is -2.20. The minimum Gasteiger partial charge on any atom is -0.380 e. The predicted molar refractivity (Wildman–Crippen MR) is 120 cm³/mol. The van der Waals surface area contributed by atoms with E-state index >= 15 is 0 Å². The summed E-state index contributed by atoms with van der Waals surface area (Å²) in [6.07, 6.45) is 0. The average Bonchev–Trinajstić information content (AvgIpc) is 3.04. The van der Waals surface area contributed by atoms with Crippen LogP contribution in [0.2, 0.25) is 0 Å². The molecule has 0 spiro atoms. The van der Waals surface area contributed by atoms with E-state index < -0.39 is 21.0 Å². The second kappa shape index (κ2) is 9.24. The summed E-state index contributed by atoms with van der Waals surface area (Å²) in [5.41, 5.74) is 2.37. The summed E-state index contributed by atoms with van der Waals surface area (Å²) in [6.45, 7) is 8.90. The third-order valence-electron chi connectivity index (χ3n) is 4.73. The normalized spacial score (nSPS) is 12.8. The van der Waals surface area contributed by atoms with Crippen LogP contribution in [0.5, 0.6) is 0 Å². The molecule has 0 bridgehead atoms. The molecule has 0 aliphatic rings. The monoisotopic (exact) mass is 446 g/mol. The van der Waals surface area contributed by atoms with Crippen molar-refractivity contribution in [1.82, 2.24) is 4.57 Å². The van der Waals surface area contributed by atoms with Crippen molar-refractivity contribution in [3.8, 4) is 0 Å². The number of nitrogens with zero attached hydrogens (tertiary/aromatic N) is 2. The SMILES string of the molecule is CCOCCn1c(=NC(=O)c2cccc(S(=O)(=O)C(C)C)c2)sc2cc(C)ccc21. The van der Waals surface area contributed by atoms with Gasteiger partial charge in [0.15, 0.2) is 14.6 Å². The molecule has 1 amide bonds. The van der Waals surface area contributed by atoms with E-state index in [0.29, 0.717) is 24.6 Å². The van der Waals surface area contributed by atoms with Gasteiger partial charge in [-0.2, -0.15) is 4.99 Å². The summed E-state index contributed by atoms with van der Waals surface area (Å²) in [7, 11) is -3.47.